The number of nitrogens with zero attached hydrogens (tertiary/aromatic N) is 4. The lowest BCUT2D eigenvalue weighted by Crippen LogP contribution is -2.25. The number of amides is 1. The molecule has 0 aliphatic carbocycles. The maximum absolute atomic E-state index is 13.7. The van der Waals surface area contributed by atoms with Gasteiger partial charge in [0.05, 0.1) is 10.1 Å². The third-order valence-electron chi connectivity index (χ3n) is 4.46. The summed E-state index contributed by atoms with van der Waals surface area (Å²) in [6.07, 6.45) is 0. The number of rotatable bonds is 9. The number of hydrogen-bond acceptors (Lipinski definition) is 8. The standard InChI is InChI=1S/C20H23FN6O4S2/c1-13(19(28)23-14-7-6-8-15(11-14)33(29,30)26(2)3)32-20-25-24-18(27(20)22)12-31-17-10-5-4-9-16(17)21/h4-11,13H,12,22H2,1-3H3,(H,23,28)/t13-/m1/s1. The van der Waals surface area contributed by atoms with Gasteiger partial charge in [-0.2, -0.15) is 0 Å². The van der Waals surface area contributed by atoms with Crippen LogP contribution in [0.15, 0.2) is 58.6 Å². The van der Waals surface area contributed by atoms with Gasteiger partial charge in [-0.25, -0.2) is 21.8 Å². The van der Waals surface area contributed by atoms with E-state index in [0.717, 1.165) is 16.1 Å². The van der Waals surface area contributed by atoms with Crippen LogP contribution in [0.4, 0.5) is 10.1 Å². The Bertz CT molecular complexity index is 1250. The van der Waals surface area contributed by atoms with Gasteiger partial charge in [-0.15, -0.1) is 10.2 Å². The van der Waals surface area contributed by atoms with Gasteiger partial charge in [0.1, 0.15) is 6.61 Å². The Hall–Kier alpha value is -3.16. The predicted octanol–water partition coefficient (Wildman–Crippen LogP) is 2.08. The smallest absolute Gasteiger partial charge is 0.242 e. The molecule has 176 valence electrons. The number of nitrogens with two attached hydrogens (primary N) is 1. The van der Waals surface area contributed by atoms with Gasteiger partial charge in [0.2, 0.25) is 21.1 Å². The number of benzene rings is 2. The number of carbonyl (C=O) groups excluding carboxylic acids is 1. The van der Waals surface area contributed by atoms with Gasteiger partial charge in [-0.05, 0) is 37.3 Å². The number of ether oxygens (including phenoxy) is 1. The highest BCUT2D eigenvalue weighted by Crippen LogP contribution is 2.24. The van der Waals surface area contributed by atoms with Crippen molar-refractivity contribution in [1.29, 1.82) is 0 Å². The molecule has 2 aromatic carbocycles. The first-order valence-electron chi connectivity index (χ1n) is 9.66. The van der Waals surface area contributed by atoms with Crippen molar-refractivity contribution in [3.8, 4) is 5.75 Å². The van der Waals surface area contributed by atoms with Gasteiger partial charge in [0.25, 0.3) is 0 Å². The van der Waals surface area contributed by atoms with E-state index >= 15 is 0 Å². The largest absolute Gasteiger partial charge is 0.482 e. The van der Waals surface area contributed by atoms with Crippen LogP contribution in [0, 0.1) is 5.82 Å². The van der Waals surface area contributed by atoms with E-state index in [-0.39, 0.29) is 34.1 Å². The monoisotopic (exact) mass is 494 g/mol. The average molecular weight is 495 g/mol. The maximum atomic E-state index is 13.7. The molecule has 3 rings (SSSR count). The fraction of sp³-hybridized carbons (Fsp3) is 0.250. The Morgan fingerprint density at radius 2 is 1.97 bits per heavy atom. The van der Waals surface area contributed by atoms with Crippen molar-refractivity contribution in [1.82, 2.24) is 19.2 Å². The SMILES string of the molecule is C[C@@H](Sc1nnc(COc2ccccc2F)n1N)C(=O)Nc1cccc(S(=O)(=O)N(C)C)c1. The van der Waals surface area contributed by atoms with E-state index in [1.54, 1.807) is 31.2 Å². The van der Waals surface area contributed by atoms with Crippen LogP contribution in [0.25, 0.3) is 0 Å². The quantitative estimate of drug-likeness (QED) is 0.341. The first-order valence-corrected chi connectivity index (χ1v) is 12.0. The van der Waals surface area contributed by atoms with E-state index in [2.05, 4.69) is 15.5 Å². The molecule has 1 amide bonds. The van der Waals surface area contributed by atoms with Gasteiger partial charge in [-0.3, -0.25) is 4.79 Å². The molecule has 1 heterocycles. The van der Waals surface area contributed by atoms with E-state index in [1.807, 2.05) is 0 Å². The van der Waals surface area contributed by atoms with Crippen molar-refractivity contribution in [2.24, 2.45) is 0 Å². The van der Waals surface area contributed by atoms with Crippen molar-refractivity contribution in [3.63, 3.8) is 0 Å². The van der Waals surface area contributed by atoms with E-state index in [4.69, 9.17) is 10.6 Å². The first-order chi connectivity index (χ1) is 15.6. The normalized spacial score (nSPS) is 12.5. The highest BCUT2D eigenvalue weighted by Gasteiger charge is 2.21. The van der Waals surface area contributed by atoms with Crippen LogP contribution in [0.5, 0.6) is 5.75 Å². The lowest BCUT2D eigenvalue weighted by Gasteiger charge is -2.14. The lowest BCUT2D eigenvalue weighted by atomic mass is 10.3. The zero-order chi connectivity index (χ0) is 24.2. The zero-order valence-electron chi connectivity index (χ0n) is 18.1. The number of hydrogen-bond donors (Lipinski definition) is 2. The molecular weight excluding hydrogens is 471 g/mol. The molecule has 0 unspecified atom stereocenters. The minimum absolute atomic E-state index is 0.0564. The number of thioether (sulfide) groups is 1. The minimum atomic E-state index is -3.63. The zero-order valence-corrected chi connectivity index (χ0v) is 19.7. The van der Waals surface area contributed by atoms with Crippen molar-refractivity contribution in [2.45, 2.75) is 28.8 Å². The van der Waals surface area contributed by atoms with Gasteiger partial charge in [0.15, 0.2) is 17.4 Å². The number of anilines is 1. The first kappa shape index (κ1) is 24.5. The summed E-state index contributed by atoms with van der Waals surface area (Å²) >= 11 is 1.05. The van der Waals surface area contributed by atoms with Crippen LogP contribution in [-0.2, 0) is 21.4 Å². The fourth-order valence-electron chi connectivity index (χ4n) is 2.59. The number of nitrogen functional groups attached to an aromatic ring is 1. The Morgan fingerprint density at radius 1 is 1.24 bits per heavy atom. The summed E-state index contributed by atoms with van der Waals surface area (Å²) < 4.78 is 45.9. The summed E-state index contributed by atoms with van der Waals surface area (Å²) in [5.41, 5.74) is 0.337. The number of nitrogens with one attached hydrogen (secondary N) is 1. The highest BCUT2D eigenvalue weighted by atomic mass is 32.2. The van der Waals surface area contributed by atoms with E-state index in [1.165, 1.54) is 43.0 Å². The summed E-state index contributed by atoms with van der Waals surface area (Å²) in [5.74, 6) is 5.40. The van der Waals surface area contributed by atoms with Crippen LogP contribution in [0.1, 0.15) is 12.7 Å². The average Bonchev–Trinajstić information content (AvgIpc) is 3.12. The van der Waals surface area contributed by atoms with Crippen molar-refractivity contribution in [3.05, 3.63) is 60.2 Å². The second-order valence-electron chi connectivity index (χ2n) is 7.05. The fourth-order valence-corrected chi connectivity index (χ4v) is 4.33. The molecule has 1 atom stereocenters. The topological polar surface area (TPSA) is 132 Å². The van der Waals surface area contributed by atoms with Crippen LogP contribution in [0.3, 0.4) is 0 Å². The molecule has 3 aromatic rings. The predicted molar refractivity (Wildman–Crippen MR) is 122 cm³/mol. The van der Waals surface area contributed by atoms with Crippen LogP contribution < -0.4 is 15.9 Å². The Balaban J connectivity index is 1.63. The van der Waals surface area contributed by atoms with E-state index in [0.29, 0.717) is 5.69 Å². The summed E-state index contributed by atoms with van der Waals surface area (Å²) in [5, 5.41) is 10.2. The van der Waals surface area contributed by atoms with Crippen molar-refractivity contribution >= 4 is 33.4 Å². The minimum Gasteiger partial charge on any atom is -0.482 e. The van der Waals surface area contributed by atoms with E-state index < -0.39 is 21.1 Å². The number of para-hydroxylation sites is 1. The Morgan fingerprint density at radius 3 is 2.67 bits per heavy atom. The summed E-state index contributed by atoms with van der Waals surface area (Å²) in [4.78, 5) is 12.7. The molecule has 0 saturated carbocycles. The van der Waals surface area contributed by atoms with Gasteiger partial charge < -0.3 is 15.9 Å². The molecule has 13 heteroatoms. The molecule has 0 fully saturated rings. The molecule has 0 aliphatic rings. The lowest BCUT2D eigenvalue weighted by molar-refractivity contribution is -0.115. The number of carbonyl (C=O) groups is 1. The molecule has 33 heavy (non-hydrogen) atoms. The van der Waals surface area contributed by atoms with Gasteiger partial charge >= 0.3 is 0 Å². The number of sulfonamides is 1. The molecular formula is C20H23FN6O4S2. The van der Waals surface area contributed by atoms with Crippen molar-refractivity contribution in [2.75, 3.05) is 25.3 Å². The summed E-state index contributed by atoms with van der Waals surface area (Å²) in [6, 6.07) is 11.9. The second kappa shape index (κ2) is 10.2. The second-order valence-corrected chi connectivity index (χ2v) is 10.5. The molecule has 0 saturated heterocycles. The maximum Gasteiger partial charge on any atom is 0.242 e. The van der Waals surface area contributed by atoms with Crippen molar-refractivity contribution < 1.29 is 22.3 Å². The molecule has 0 radical (unpaired) electrons. The highest BCUT2D eigenvalue weighted by molar-refractivity contribution is 8.00. The third-order valence-corrected chi connectivity index (χ3v) is 7.33. The molecule has 0 aliphatic heterocycles. The summed E-state index contributed by atoms with van der Waals surface area (Å²) in [7, 11) is -0.775. The molecule has 3 N–H and O–H groups in total. The summed E-state index contributed by atoms with van der Waals surface area (Å²) in [6.45, 7) is 1.53. The third kappa shape index (κ3) is 5.80. The van der Waals surface area contributed by atoms with Gasteiger partial charge in [-0.1, -0.05) is 30.0 Å². The molecule has 10 nitrogen and oxygen atoms in total. The molecule has 1 aromatic heterocycles. The molecule has 0 bridgehead atoms. The molecule has 0 spiro atoms. The number of halogens is 1. The van der Waals surface area contributed by atoms with Crippen LogP contribution in [-0.4, -0.2) is 52.8 Å². The van der Waals surface area contributed by atoms with Crippen LogP contribution >= 0.6 is 11.8 Å². The van der Waals surface area contributed by atoms with E-state index in [9.17, 15) is 17.6 Å². The number of aromatic nitrogens is 3. The Labute approximate surface area is 195 Å². The van der Waals surface area contributed by atoms with Crippen LogP contribution in [0.2, 0.25) is 0 Å². The Kier molecular flexibility index (Phi) is 7.56. The van der Waals surface area contributed by atoms with Gasteiger partial charge in [0, 0.05) is 19.8 Å².